The van der Waals surface area contributed by atoms with Crippen molar-refractivity contribution in [2.24, 2.45) is 5.92 Å². The van der Waals surface area contributed by atoms with E-state index in [0.717, 1.165) is 0 Å². The van der Waals surface area contributed by atoms with Crippen LogP contribution in [0.2, 0.25) is 0 Å². The first kappa shape index (κ1) is 12.8. The maximum Gasteiger partial charge on any atom is 0.407 e. The molecule has 5 heteroatoms. The number of nitrogens with zero attached hydrogens (tertiary/aromatic N) is 1. The van der Waals surface area contributed by atoms with Crippen LogP contribution in [-0.2, 0) is 9.47 Å². The Labute approximate surface area is 95.7 Å². The third kappa shape index (κ3) is 4.49. The molecule has 0 radical (unpaired) electrons. The molecule has 1 aliphatic rings. The van der Waals surface area contributed by atoms with Crippen LogP contribution in [0.15, 0.2) is 0 Å². The average Bonchev–Trinajstić information content (AvgIpc) is 2.15. The number of alkyl carbamates (subject to hydrolysis) is 1. The lowest BCUT2D eigenvalue weighted by Gasteiger charge is -2.27. The second-order valence-corrected chi connectivity index (χ2v) is 4.94. The lowest BCUT2D eigenvalue weighted by atomic mass is 10.0. The molecule has 1 amide bonds. The molecule has 1 saturated heterocycles. The smallest absolute Gasteiger partial charge is 0.407 e. The van der Waals surface area contributed by atoms with E-state index in [0.29, 0.717) is 19.6 Å². The van der Waals surface area contributed by atoms with Crippen LogP contribution in [0, 0.1) is 17.2 Å². The third-order valence-electron chi connectivity index (χ3n) is 2.11. The van der Waals surface area contributed by atoms with E-state index in [1.54, 1.807) is 0 Å². The summed E-state index contributed by atoms with van der Waals surface area (Å²) in [6, 6.07) is 2.01. The van der Waals surface area contributed by atoms with E-state index < -0.39 is 11.7 Å². The highest BCUT2D eigenvalue weighted by atomic mass is 16.6. The van der Waals surface area contributed by atoms with Gasteiger partial charge in [-0.05, 0) is 27.2 Å². The number of ether oxygens (including phenoxy) is 2. The largest absolute Gasteiger partial charge is 0.444 e. The maximum atomic E-state index is 11.5. The first-order valence-electron chi connectivity index (χ1n) is 5.37. The van der Waals surface area contributed by atoms with Gasteiger partial charge in [0.05, 0.1) is 31.2 Å². The van der Waals surface area contributed by atoms with Gasteiger partial charge in [-0.15, -0.1) is 0 Å². The molecule has 1 aliphatic heterocycles. The van der Waals surface area contributed by atoms with Crippen LogP contribution in [-0.4, -0.2) is 30.9 Å². The Morgan fingerprint density at radius 2 is 2.19 bits per heavy atom. The predicted molar refractivity (Wildman–Crippen MR) is 57.7 cm³/mol. The highest BCUT2D eigenvalue weighted by Gasteiger charge is 2.25. The molecule has 1 fully saturated rings. The second-order valence-electron chi connectivity index (χ2n) is 4.94. The molecule has 1 rings (SSSR count). The normalized spacial score (nSPS) is 25.6. The lowest BCUT2D eigenvalue weighted by Crippen LogP contribution is -2.45. The number of hydrogen-bond acceptors (Lipinski definition) is 4. The van der Waals surface area contributed by atoms with Gasteiger partial charge in [0.1, 0.15) is 5.60 Å². The predicted octanol–water partition coefficient (Wildman–Crippen LogP) is 1.44. The summed E-state index contributed by atoms with van der Waals surface area (Å²) in [5.41, 5.74) is -0.506. The van der Waals surface area contributed by atoms with Crippen LogP contribution in [0.25, 0.3) is 0 Å². The topological polar surface area (TPSA) is 71.3 Å². The molecular formula is C11H18N2O3. The van der Waals surface area contributed by atoms with Gasteiger partial charge in [-0.25, -0.2) is 4.79 Å². The van der Waals surface area contributed by atoms with Crippen molar-refractivity contribution in [2.75, 3.05) is 13.2 Å². The van der Waals surface area contributed by atoms with Gasteiger partial charge >= 0.3 is 6.09 Å². The van der Waals surface area contributed by atoms with Crippen LogP contribution < -0.4 is 5.32 Å². The summed E-state index contributed by atoms with van der Waals surface area (Å²) in [7, 11) is 0. The minimum Gasteiger partial charge on any atom is -0.444 e. The molecule has 16 heavy (non-hydrogen) atoms. The maximum absolute atomic E-state index is 11.5. The van der Waals surface area contributed by atoms with Crippen molar-refractivity contribution in [1.82, 2.24) is 5.32 Å². The number of amides is 1. The first-order valence-corrected chi connectivity index (χ1v) is 5.37. The molecule has 2 unspecified atom stereocenters. The van der Waals surface area contributed by atoms with Gasteiger partial charge in [-0.1, -0.05) is 0 Å². The Hall–Kier alpha value is -1.28. The Morgan fingerprint density at radius 1 is 1.50 bits per heavy atom. The van der Waals surface area contributed by atoms with Gasteiger partial charge < -0.3 is 14.8 Å². The van der Waals surface area contributed by atoms with E-state index in [1.165, 1.54) is 0 Å². The van der Waals surface area contributed by atoms with Crippen LogP contribution in [0.4, 0.5) is 4.79 Å². The Morgan fingerprint density at radius 3 is 2.75 bits per heavy atom. The number of nitriles is 1. The van der Waals surface area contributed by atoms with E-state index in [9.17, 15) is 4.79 Å². The Bertz CT molecular complexity index is 291. The van der Waals surface area contributed by atoms with Gasteiger partial charge in [0, 0.05) is 0 Å². The number of nitrogens with one attached hydrogen (secondary N) is 1. The van der Waals surface area contributed by atoms with Gasteiger partial charge in [0.25, 0.3) is 0 Å². The molecule has 0 aliphatic carbocycles. The fourth-order valence-corrected chi connectivity index (χ4v) is 1.50. The van der Waals surface area contributed by atoms with E-state index in [-0.39, 0.29) is 12.0 Å². The van der Waals surface area contributed by atoms with Crippen LogP contribution in [0.1, 0.15) is 27.2 Å². The van der Waals surface area contributed by atoms with Crippen molar-refractivity contribution in [3.8, 4) is 6.07 Å². The van der Waals surface area contributed by atoms with Crippen LogP contribution in [0.3, 0.4) is 0 Å². The van der Waals surface area contributed by atoms with E-state index in [4.69, 9.17) is 14.7 Å². The fourth-order valence-electron chi connectivity index (χ4n) is 1.50. The molecule has 1 N–H and O–H groups in total. The summed E-state index contributed by atoms with van der Waals surface area (Å²) < 4.78 is 10.3. The number of rotatable bonds is 1. The van der Waals surface area contributed by atoms with Gasteiger partial charge in [-0.2, -0.15) is 5.26 Å². The standard InChI is InChI=1S/C11H18N2O3/c1-11(2,3)16-10(14)13-9-4-8(5-12)6-15-7-9/h8-9H,4,6-7H2,1-3H3,(H,13,14). The molecule has 0 saturated carbocycles. The number of hydrogen-bond donors (Lipinski definition) is 1. The first-order chi connectivity index (χ1) is 7.40. The summed E-state index contributed by atoms with van der Waals surface area (Å²) in [6.07, 6.45) is 0.162. The molecule has 90 valence electrons. The minimum atomic E-state index is -0.506. The number of carbonyl (C=O) groups excluding carboxylic acids is 1. The molecule has 5 nitrogen and oxygen atoms in total. The summed E-state index contributed by atoms with van der Waals surface area (Å²) in [5.74, 6) is -0.145. The lowest BCUT2D eigenvalue weighted by molar-refractivity contribution is 0.0260. The molecule has 0 bridgehead atoms. The van der Waals surface area contributed by atoms with Gasteiger partial charge in [-0.3, -0.25) is 0 Å². The van der Waals surface area contributed by atoms with Crippen molar-refractivity contribution in [3.05, 3.63) is 0 Å². The van der Waals surface area contributed by atoms with Crippen molar-refractivity contribution < 1.29 is 14.3 Å². The fraction of sp³-hybridized carbons (Fsp3) is 0.818. The van der Waals surface area contributed by atoms with E-state index >= 15 is 0 Å². The molecule has 0 aromatic heterocycles. The van der Waals surface area contributed by atoms with Crippen molar-refractivity contribution in [2.45, 2.75) is 38.8 Å². The Kier molecular flexibility index (Phi) is 4.13. The van der Waals surface area contributed by atoms with Gasteiger partial charge in [0.15, 0.2) is 0 Å². The molecule has 0 aromatic rings. The summed E-state index contributed by atoms with van der Waals surface area (Å²) >= 11 is 0. The second kappa shape index (κ2) is 5.17. The zero-order valence-electron chi connectivity index (χ0n) is 9.95. The SMILES string of the molecule is CC(C)(C)OC(=O)NC1COCC(C#N)C1. The molecule has 1 heterocycles. The van der Waals surface area contributed by atoms with Crippen molar-refractivity contribution >= 4 is 6.09 Å². The molecular weight excluding hydrogens is 208 g/mol. The highest BCUT2D eigenvalue weighted by Crippen LogP contribution is 2.14. The highest BCUT2D eigenvalue weighted by molar-refractivity contribution is 5.68. The molecule has 0 spiro atoms. The number of carbonyl (C=O) groups is 1. The van der Waals surface area contributed by atoms with E-state index in [1.807, 2.05) is 20.8 Å². The average molecular weight is 226 g/mol. The third-order valence-corrected chi connectivity index (χ3v) is 2.11. The zero-order chi connectivity index (χ0) is 12.2. The Balaban J connectivity index is 2.37. The summed E-state index contributed by atoms with van der Waals surface area (Å²) in [4.78, 5) is 11.5. The molecule has 2 atom stereocenters. The zero-order valence-corrected chi connectivity index (χ0v) is 9.95. The summed E-state index contributed by atoms with van der Waals surface area (Å²) in [5, 5.41) is 11.5. The van der Waals surface area contributed by atoms with Crippen molar-refractivity contribution in [1.29, 1.82) is 5.26 Å². The van der Waals surface area contributed by atoms with E-state index in [2.05, 4.69) is 11.4 Å². The van der Waals surface area contributed by atoms with Crippen molar-refractivity contribution in [3.63, 3.8) is 0 Å². The summed E-state index contributed by atoms with van der Waals surface area (Å²) in [6.45, 7) is 6.31. The van der Waals surface area contributed by atoms with Crippen LogP contribution in [0.5, 0.6) is 0 Å². The van der Waals surface area contributed by atoms with Crippen LogP contribution >= 0.6 is 0 Å². The molecule has 0 aromatic carbocycles. The monoisotopic (exact) mass is 226 g/mol. The van der Waals surface area contributed by atoms with Gasteiger partial charge in [0.2, 0.25) is 0 Å². The quantitative estimate of drug-likeness (QED) is 0.734. The minimum absolute atomic E-state index is 0.131.